The van der Waals surface area contributed by atoms with Crippen LogP contribution in [0.25, 0.3) is 0 Å². The van der Waals surface area contributed by atoms with Gasteiger partial charge in [0.2, 0.25) is 0 Å². The Morgan fingerprint density at radius 2 is 1.93 bits per heavy atom. The summed E-state index contributed by atoms with van der Waals surface area (Å²) in [7, 11) is 1.45. The van der Waals surface area contributed by atoms with Crippen molar-refractivity contribution < 1.29 is 22.3 Å². The highest BCUT2D eigenvalue weighted by molar-refractivity contribution is 5.27. The van der Waals surface area contributed by atoms with Crippen molar-refractivity contribution in [3.63, 3.8) is 0 Å². The molecule has 0 aliphatic rings. The summed E-state index contributed by atoms with van der Waals surface area (Å²) in [6, 6.07) is 2.96. The van der Waals surface area contributed by atoms with E-state index in [1.54, 1.807) is 0 Å². The Morgan fingerprint density at radius 1 is 1.27 bits per heavy atom. The molecule has 1 rings (SSSR count). The molecule has 1 nitrogen and oxygen atoms in total. The van der Waals surface area contributed by atoms with Gasteiger partial charge in [0.25, 0.3) is 0 Å². The molecule has 0 fully saturated rings. The summed E-state index contributed by atoms with van der Waals surface area (Å²) in [5.41, 5.74) is -0.818. The molecular weight excluding hydrogens is 212 g/mol. The van der Waals surface area contributed by atoms with Crippen LogP contribution >= 0.6 is 0 Å². The number of hydrogen-bond donors (Lipinski definition) is 0. The van der Waals surface area contributed by atoms with Crippen molar-refractivity contribution in [1.82, 2.24) is 0 Å². The number of ether oxygens (including phenoxy) is 1. The average molecular weight is 222 g/mol. The third-order valence-corrected chi connectivity index (χ3v) is 1.93. The fraction of sp³-hybridized carbons (Fsp3) is 0.400. The molecule has 0 aromatic heterocycles. The molecule has 0 heterocycles. The van der Waals surface area contributed by atoms with Gasteiger partial charge in [0, 0.05) is 7.11 Å². The van der Waals surface area contributed by atoms with E-state index in [4.69, 9.17) is 4.74 Å². The van der Waals surface area contributed by atoms with E-state index in [9.17, 15) is 17.6 Å². The maximum atomic E-state index is 12.8. The van der Waals surface area contributed by atoms with Gasteiger partial charge in [0.05, 0.1) is 12.2 Å². The summed E-state index contributed by atoms with van der Waals surface area (Å²) < 4.78 is 54.4. The molecule has 0 atom stereocenters. The molecule has 0 bridgehead atoms. The van der Waals surface area contributed by atoms with Gasteiger partial charge in [-0.25, -0.2) is 4.39 Å². The fourth-order valence-electron chi connectivity index (χ4n) is 1.17. The van der Waals surface area contributed by atoms with Crippen LogP contribution in [0.1, 0.15) is 11.1 Å². The second kappa shape index (κ2) is 4.61. The fourth-order valence-corrected chi connectivity index (χ4v) is 1.17. The van der Waals surface area contributed by atoms with Gasteiger partial charge >= 0.3 is 6.18 Å². The molecule has 1 aromatic carbocycles. The van der Waals surface area contributed by atoms with E-state index in [0.717, 1.165) is 12.1 Å². The summed E-state index contributed by atoms with van der Waals surface area (Å²) in [5.74, 6) is -1.25. The summed E-state index contributed by atoms with van der Waals surface area (Å²) in [4.78, 5) is 0. The Bertz CT molecular complexity index is 333. The Labute approximate surface area is 84.7 Å². The van der Waals surface area contributed by atoms with Gasteiger partial charge in [-0.3, -0.25) is 0 Å². The SMILES string of the molecule is COCCc1ccc(F)c(C(F)(F)F)c1. The topological polar surface area (TPSA) is 9.23 Å². The molecule has 1 aromatic rings. The number of hydrogen-bond acceptors (Lipinski definition) is 1. The zero-order valence-corrected chi connectivity index (χ0v) is 8.07. The van der Waals surface area contributed by atoms with Crippen molar-refractivity contribution in [2.45, 2.75) is 12.6 Å². The standard InChI is InChI=1S/C10H10F4O/c1-15-5-4-7-2-3-9(11)8(6-7)10(12,13)14/h2-3,6H,4-5H2,1H3. The predicted molar refractivity (Wildman–Crippen MR) is 47.0 cm³/mol. The normalized spacial score (nSPS) is 11.8. The summed E-state index contributed by atoms with van der Waals surface area (Å²) in [6.07, 6.45) is -4.31. The van der Waals surface area contributed by atoms with Gasteiger partial charge in [0.15, 0.2) is 0 Å². The minimum absolute atomic E-state index is 0.308. The molecule has 5 heteroatoms. The lowest BCUT2D eigenvalue weighted by atomic mass is 10.1. The van der Waals surface area contributed by atoms with Crippen molar-refractivity contribution in [3.8, 4) is 0 Å². The van der Waals surface area contributed by atoms with Crippen LogP contribution < -0.4 is 0 Å². The molecule has 0 spiro atoms. The third-order valence-electron chi connectivity index (χ3n) is 1.93. The van der Waals surface area contributed by atoms with E-state index in [1.165, 1.54) is 13.2 Å². The van der Waals surface area contributed by atoms with Crippen molar-refractivity contribution in [3.05, 3.63) is 35.1 Å². The van der Waals surface area contributed by atoms with Crippen LogP contribution in [0.2, 0.25) is 0 Å². The van der Waals surface area contributed by atoms with Crippen molar-refractivity contribution in [2.75, 3.05) is 13.7 Å². The molecule has 0 amide bonds. The van der Waals surface area contributed by atoms with Crippen LogP contribution in [0.15, 0.2) is 18.2 Å². The predicted octanol–water partition coefficient (Wildman–Crippen LogP) is 3.03. The molecule has 0 radical (unpaired) electrons. The number of alkyl halides is 3. The van der Waals surface area contributed by atoms with Gasteiger partial charge in [-0.2, -0.15) is 13.2 Å². The molecule has 0 saturated carbocycles. The van der Waals surface area contributed by atoms with Gasteiger partial charge < -0.3 is 4.74 Å². The zero-order valence-electron chi connectivity index (χ0n) is 8.07. The van der Waals surface area contributed by atoms with Crippen molar-refractivity contribution in [1.29, 1.82) is 0 Å². The van der Waals surface area contributed by atoms with Crippen LogP contribution in [-0.2, 0) is 17.3 Å². The lowest BCUT2D eigenvalue weighted by molar-refractivity contribution is -0.140. The quantitative estimate of drug-likeness (QED) is 0.714. The Morgan fingerprint density at radius 3 is 2.47 bits per heavy atom. The minimum Gasteiger partial charge on any atom is -0.384 e. The monoisotopic (exact) mass is 222 g/mol. The first kappa shape index (κ1) is 12.0. The van der Waals surface area contributed by atoms with Crippen LogP contribution in [0.4, 0.5) is 17.6 Å². The lowest BCUT2D eigenvalue weighted by Gasteiger charge is -2.09. The number of halogens is 4. The van der Waals surface area contributed by atoms with Gasteiger partial charge in [-0.1, -0.05) is 6.07 Å². The second-order valence-corrected chi connectivity index (χ2v) is 3.05. The van der Waals surface area contributed by atoms with E-state index >= 15 is 0 Å². The van der Waals surface area contributed by atoms with E-state index in [0.29, 0.717) is 18.6 Å². The number of benzene rings is 1. The molecule has 15 heavy (non-hydrogen) atoms. The summed E-state index contributed by atoms with van der Waals surface area (Å²) in [5, 5.41) is 0. The average Bonchev–Trinajstić information content (AvgIpc) is 2.15. The largest absolute Gasteiger partial charge is 0.419 e. The molecular formula is C10H10F4O. The number of rotatable bonds is 3. The first-order chi connectivity index (χ1) is 6.95. The van der Waals surface area contributed by atoms with E-state index in [-0.39, 0.29) is 0 Å². The maximum absolute atomic E-state index is 12.8. The van der Waals surface area contributed by atoms with Crippen LogP contribution in [-0.4, -0.2) is 13.7 Å². The van der Waals surface area contributed by atoms with Gasteiger partial charge in [-0.15, -0.1) is 0 Å². The lowest BCUT2D eigenvalue weighted by Crippen LogP contribution is -2.09. The van der Waals surface area contributed by atoms with Crippen molar-refractivity contribution >= 4 is 0 Å². The Balaban J connectivity index is 2.95. The highest BCUT2D eigenvalue weighted by Crippen LogP contribution is 2.31. The maximum Gasteiger partial charge on any atom is 0.419 e. The highest BCUT2D eigenvalue weighted by atomic mass is 19.4. The van der Waals surface area contributed by atoms with Crippen molar-refractivity contribution in [2.24, 2.45) is 0 Å². The van der Waals surface area contributed by atoms with E-state index < -0.39 is 17.6 Å². The summed E-state index contributed by atoms with van der Waals surface area (Å²) >= 11 is 0. The highest BCUT2D eigenvalue weighted by Gasteiger charge is 2.34. The third kappa shape index (κ3) is 3.20. The van der Waals surface area contributed by atoms with E-state index in [1.807, 2.05) is 0 Å². The number of methoxy groups -OCH3 is 1. The van der Waals surface area contributed by atoms with Crippen LogP contribution in [0, 0.1) is 5.82 Å². The Kier molecular flexibility index (Phi) is 3.68. The first-order valence-electron chi connectivity index (χ1n) is 4.29. The first-order valence-corrected chi connectivity index (χ1v) is 4.29. The van der Waals surface area contributed by atoms with E-state index in [2.05, 4.69) is 0 Å². The second-order valence-electron chi connectivity index (χ2n) is 3.05. The smallest absolute Gasteiger partial charge is 0.384 e. The summed E-state index contributed by atoms with van der Waals surface area (Å²) in [6.45, 7) is 0.308. The molecule has 0 saturated heterocycles. The molecule has 0 unspecified atom stereocenters. The molecule has 84 valence electrons. The van der Waals surface area contributed by atoms with Crippen LogP contribution in [0.3, 0.4) is 0 Å². The Hall–Kier alpha value is -1.10. The zero-order chi connectivity index (χ0) is 11.5. The van der Waals surface area contributed by atoms with Gasteiger partial charge in [-0.05, 0) is 24.1 Å². The van der Waals surface area contributed by atoms with Crippen LogP contribution in [0.5, 0.6) is 0 Å². The molecule has 0 N–H and O–H groups in total. The minimum atomic E-state index is -4.65. The van der Waals surface area contributed by atoms with Gasteiger partial charge in [0.1, 0.15) is 5.82 Å². The molecule has 0 aliphatic heterocycles. The molecule has 0 aliphatic carbocycles.